The number of carbonyl (C=O) groups is 1. The number of unbranched alkanes of at least 4 members (excludes halogenated alkanes) is 10. The summed E-state index contributed by atoms with van der Waals surface area (Å²) in [6, 6.07) is 24.1. The molecule has 6 heteroatoms. The minimum absolute atomic E-state index is 0.289. The Labute approximate surface area is 264 Å². The number of nitrogens with zero attached hydrogens (tertiary/aromatic N) is 2. The first-order chi connectivity index (χ1) is 21.5. The fraction of sp³-hybridized carbons (Fsp3) is 0.447. The number of azo groups is 1. The summed E-state index contributed by atoms with van der Waals surface area (Å²) in [5.41, 5.74) is 4.35. The van der Waals surface area contributed by atoms with Gasteiger partial charge in [0.1, 0.15) is 11.5 Å². The van der Waals surface area contributed by atoms with Crippen molar-refractivity contribution in [2.45, 2.75) is 90.9 Å². The van der Waals surface area contributed by atoms with E-state index in [4.69, 9.17) is 14.2 Å². The van der Waals surface area contributed by atoms with Crippen molar-refractivity contribution in [3.63, 3.8) is 0 Å². The van der Waals surface area contributed by atoms with Gasteiger partial charge in [0, 0.05) is 5.57 Å². The monoisotopic (exact) mass is 598 g/mol. The van der Waals surface area contributed by atoms with Crippen LogP contribution in [0.4, 0.5) is 11.4 Å². The van der Waals surface area contributed by atoms with Crippen LogP contribution in [0.25, 0.3) is 11.1 Å². The Kier molecular flexibility index (Phi) is 16.4. The minimum Gasteiger partial charge on any atom is -0.494 e. The van der Waals surface area contributed by atoms with Gasteiger partial charge in [0.25, 0.3) is 0 Å². The number of hydrogen-bond acceptors (Lipinski definition) is 6. The van der Waals surface area contributed by atoms with E-state index in [0.717, 1.165) is 72.9 Å². The average molecular weight is 599 g/mol. The smallest absolute Gasteiger partial charge is 0.333 e. The van der Waals surface area contributed by atoms with Gasteiger partial charge in [0.15, 0.2) is 0 Å². The van der Waals surface area contributed by atoms with E-state index in [1.165, 1.54) is 51.4 Å². The molecule has 0 spiro atoms. The van der Waals surface area contributed by atoms with Crippen molar-refractivity contribution in [3.05, 3.63) is 84.9 Å². The second-order valence-corrected chi connectivity index (χ2v) is 11.3. The lowest BCUT2D eigenvalue weighted by Gasteiger charge is -2.07. The van der Waals surface area contributed by atoms with E-state index in [1.54, 1.807) is 6.92 Å². The van der Waals surface area contributed by atoms with E-state index in [9.17, 15) is 4.79 Å². The van der Waals surface area contributed by atoms with Gasteiger partial charge in [-0.1, -0.05) is 95.6 Å². The largest absolute Gasteiger partial charge is 0.494 e. The van der Waals surface area contributed by atoms with Crippen LogP contribution in [0.5, 0.6) is 11.5 Å². The molecule has 236 valence electrons. The molecule has 3 aromatic carbocycles. The molecular formula is C38H50N2O4. The van der Waals surface area contributed by atoms with Gasteiger partial charge >= 0.3 is 5.97 Å². The van der Waals surface area contributed by atoms with Gasteiger partial charge in [0.2, 0.25) is 0 Å². The highest BCUT2D eigenvalue weighted by Crippen LogP contribution is 2.26. The topological polar surface area (TPSA) is 69.5 Å². The number of benzene rings is 3. The number of ether oxygens (including phenoxy) is 3. The zero-order valence-electron chi connectivity index (χ0n) is 26.8. The second kappa shape index (κ2) is 20.9. The quantitative estimate of drug-likeness (QED) is 0.0499. The Morgan fingerprint density at radius 2 is 0.955 bits per heavy atom. The third-order valence-corrected chi connectivity index (χ3v) is 7.33. The van der Waals surface area contributed by atoms with Gasteiger partial charge in [-0.05, 0) is 85.8 Å². The van der Waals surface area contributed by atoms with E-state index >= 15 is 0 Å². The standard InChI is InChI=1S/C38H50N2O4/c1-4-5-6-13-28-42-36-24-18-33(19-25-36)32-16-20-34(21-17-32)39-40-35-22-26-37(27-23-35)43-29-14-11-9-7-8-10-12-15-30-44-38(41)31(2)3/h16-27H,2,4-15,28-30H2,1,3H3. The molecule has 0 bridgehead atoms. The van der Waals surface area contributed by atoms with Crippen molar-refractivity contribution in [2.24, 2.45) is 10.2 Å². The lowest BCUT2D eigenvalue weighted by atomic mass is 10.1. The van der Waals surface area contributed by atoms with Crippen LogP contribution < -0.4 is 9.47 Å². The SMILES string of the molecule is C=C(C)C(=O)OCCCCCCCCCCOc1ccc(N=Nc2ccc(-c3ccc(OCCCCCC)cc3)cc2)cc1. The summed E-state index contributed by atoms with van der Waals surface area (Å²) < 4.78 is 16.9. The summed E-state index contributed by atoms with van der Waals surface area (Å²) in [6.07, 6.45) is 13.9. The van der Waals surface area contributed by atoms with Crippen LogP contribution in [0.3, 0.4) is 0 Å². The maximum Gasteiger partial charge on any atom is 0.333 e. The van der Waals surface area contributed by atoms with Crippen molar-refractivity contribution in [3.8, 4) is 22.6 Å². The third kappa shape index (κ3) is 14.0. The maximum atomic E-state index is 11.3. The van der Waals surface area contributed by atoms with Gasteiger partial charge in [-0.3, -0.25) is 0 Å². The highest BCUT2D eigenvalue weighted by atomic mass is 16.5. The number of esters is 1. The molecule has 0 unspecified atom stereocenters. The zero-order chi connectivity index (χ0) is 31.2. The molecule has 3 rings (SSSR count). The Morgan fingerprint density at radius 1 is 0.568 bits per heavy atom. The Hall–Kier alpha value is -3.93. The van der Waals surface area contributed by atoms with E-state index in [0.29, 0.717) is 12.2 Å². The van der Waals surface area contributed by atoms with Crippen LogP contribution >= 0.6 is 0 Å². The predicted molar refractivity (Wildman–Crippen MR) is 180 cm³/mol. The van der Waals surface area contributed by atoms with Gasteiger partial charge in [-0.25, -0.2) is 4.79 Å². The first-order valence-electron chi connectivity index (χ1n) is 16.4. The van der Waals surface area contributed by atoms with Crippen molar-refractivity contribution in [2.75, 3.05) is 19.8 Å². The van der Waals surface area contributed by atoms with Crippen LogP contribution in [0.2, 0.25) is 0 Å². The molecular weight excluding hydrogens is 548 g/mol. The van der Waals surface area contributed by atoms with Crippen molar-refractivity contribution in [1.82, 2.24) is 0 Å². The maximum absolute atomic E-state index is 11.3. The highest BCUT2D eigenvalue weighted by molar-refractivity contribution is 5.86. The lowest BCUT2D eigenvalue weighted by Crippen LogP contribution is -2.05. The van der Waals surface area contributed by atoms with Gasteiger partial charge in [-0.2, -0.15) is 10.2 Å². The first kappa shape index (κ1) is 34.6. The fourth-order valence-corrected chi connectivity index (χ4v) is 4.65. The van der Waals surface area contributed by atoms with Gasteiger partial charge < -0.3 is 14.2 Å². The summed E-state index contributed by atoms with van der Waals surface area (Å²) in [5, 5.41) is 8.78. The molecule has 6 nitrogen and oxygen atoms in total. The average Bonchev–Trinajstić information content (AvgIpc) is 3.05. The minimum atomic E-state index is -0.289. The Morgan fingerprint density at radius 3 is 1.43 bits per heavy atom. The normalized spacial score (nSPS) is 11.0. The van der Waals surface area contributed by atoms with E-state index < -0.39 is 0 Å². The molecule has 0 aliphatic carbocycles. The number of rotatable bonds is 22. The summed E-state index contributed by atoms with van der Waals surface area (Å²) in [5.74, 6) is 1.49. The van der Waals surface area contributed by atoms with Gasteiger partial charge in [0.05, 0.1) is 31.2 Å². The fourth-order valence-electron chi connectivity index (χ4n) is 4.65. The summed E-state index contributed by atoms with van der Waals surface area (Å²) >= 11 is 0. The molecule has 44 heavy (non-hydrogen) atoms. The molecule has 0 saturated carbocycles. The van der Waals surface area contributed by atoms with Crippen molar-refractivity contribution >= 4 is 17.3 Å². The van der Waals surface area contributed by atoms with Gasteiger partial charge in [-0.15, -0.1) is 0 Å². The molecule has 0 heterocycles. The molecule has 0 amide bonds. The summed E-state index contributed by atoms with van der Waals surface area (Å²) in [7, 11) is 0. The highest BCUT2D eigenvalue weighted by Gasteiger charge is 2.03. The van der Waals surface area contributed by atoms with Crippen LogP contribution in [0.15, 0.2) is 95.2 Å². The molecule has 3 aromatic rings. The Balaban J connectivity index is 1.26. The first-order valence-corrected chi connectivity index (χ1v) is 16.4. The molecule has 0 saturated heterocycles. The van der Waals surface area contributed by atoms with E-state index in [2.05, 4.69) is 48.0 Å². The molecule has 0 aliphatic heterocycles. The van der Waals surface area contributed by atoms with Crippen molar-refractivity contribution < 1.29 is 19.0 Å². The molecule has 0 aliphatic rings. The molecule has 0 aromatic heterocycles. The number of carbonyl (C=O) groups excluding carboxylic acids is 1. The van der Waals surface area contributed by atoms with Crippen LogP contribution in [0, 0.1) is 0 Å². The number of hydrogen-bond donors (Lipinski definition) is 0. The van der Waals surface area contributed by atoms with Crippen LogP contribution in [-0.2, 0) is 9.53 Å². The Bertz CT molecular complexity index is 1250. The lowest BCUT2D eigenvalue weighted by molar-refractivity contribution is -0.139. The van der Waals surface area contributed by atoms with Crippen LogP contribution in [-0.4, -0.2) is 25.8 Å². The third-order valence-electron chi connectivity index (χ3n) is 7.33. The van der Waals surface area contributed by atoms with Crippen LogP contribution in [0.1, 0.15) is 90.9 Å². The predicted octanol–water partition coefficient (Wildman–Crippen LogP) is 11.3. The summed E-state index contributed by atoms with van der Waals surface area (Å²) in [6.45, 7) is 9.47. The molecule has 0 fully saturated rings. The second-order valence-electron chi connectivity index (χ2n) is 11.3. The molecule has 0 atom stereocenters. The van der Waals surface area contributed by atoms with E-state index in [-0.39, 0.29) is 5.97 Å². The summed E-state index contributed by atoms with van der Waals surface area (Å²) in [4.78, 5) is 11.3. The van der Waals surface area contributed by atoms with E-state index in [1.807, 2.05) is 48.5 Å². The van der Waals surface area contributed by atoms with Crippen molar-refractivity contribution in [1.29, 1.82) is 0 Å². The molecule has 0 radical (unpaired) electrons. The molecule has 0 N–H and O–H groups in total. The zero-order valence-corrected chi connectivity index (χ0v) is 26.8.